The normalized spacial score (nSPS) is 13.2. The van der Waals surface area contributed by atoms with Crippen molar-refractivity contribution in [3.05, 3.63) is 277 Å². The highest BCUT2D eigenvalue weighted by atomic mass is 15.2. The molecule has 0 atom stereocenters. The molecule has 0 saturated heterocycles. The van der Waals surface area contributed by atoms with Crippen molar-refractivity contribution in [2.75, 3.05) is 4.90 Å². The van der Waals surface area contributed by atoms with E-state index in [0.29, 0.717) is 0 Å². The summed E-state index contributed by atoms with van der Waals surface area (Å²) in [4.78, 5) is 2.69. The third-order valence-electron chi connectivity index (χ3n) is 20.2. The lowest BCUT2D eigenvalue weighted by atomic mass is 9.33. The molecule has 0 spiro atoms. The van der Waals surface area contributed by atoms with E-state index in [1.165, 1.54) is 115 Å². The Morgan fingerprint density at radius 1 is 0.272 bits per heavy atom. The molecule has 0 fully saturated rings. The fourth-order valence-corrected chi connectivity index (χ4v) is 15.2. The summed E-state index contributed by atoms with van der Waals surface area (Å²) in [5.41, 5.74) is 26.5. The lowest BCUT2D eigenvalue weighted by molar-refractivity contribution is 0.569. The molecule has 2 aromatic heterocycles. The summed E-state index contributed by atoms with van der Waals surface area (Å²) >= 11 is 0. The minimum absolute atomic E-state index is 0.0610. The molecular weight excluding hydrogens is 1110 g/mol. The highest BCUT2D eigenvalue weighted by molar-refractivity contribution is 7.00. The zero-order valence-electron chi connectivity index (χ0n) is 55.2. The van der Waals surface area contributed by atoms with Crippen molar-refractivity contribution < 1.29 is 0 Å². The number of fused-ring (bicyclic) bond motifs is 15. The van der Waals surface area contributed by atoms with Crippen LogP contribution < -0.4 is 21.3 Å². The molecule has 92 heavy (non-hydrogen) atoms. The molecule has 4 heteroatoms. The molecule has 0 radical (unpaired) electrons. The summed E-state index contributed by atoms with van der Waals surface area (Å²) in [6.07, 6.45) is 0. The van der Waals surface area contributed by atoms with Gasteiger partial charge in [0.05, 0.1) is 27.8 Å². The first-order chi connectivity index (χ1) is 44.2. The predicted molar refractivity (Wildman–Crippen MR) is 398 cm³/mol. The molecule has 0 saturated carbocycles. The monoisotopic (exact) mass is 1190 g/mol. The van der Waals surface area contributed by atoms with Crippen molar-refractivity contribution in [1.82, 2.24) is 9.13 Å². The maximum Gasteiger partial charge on any atom is 0.252 e. The second-order valence-electron chi connectivity index (χ2n) is 30.2. The molecule has 14 aromatic rings. The van der Waals surface area contributed by atoms with Crippen LogP contribution in [0.25, 0.3) is 110 Å². The van der Waals surface area contributed by atoms with Crippen LogP contribution in [-0.4, -0.2) is 15.8 Å². The first-order valence-electron chi connectivity index (χ1n) is 33.0. The summed E-state index contributed by atoms with van der Waals surface area (Å²) < 4.78 is 5.27. The number of hydrogen-bond donors (Lipinski definition) is 0. The number of nitrogens with zero attached hydrogens (tertiary/aromatic N) is 3. The van der Waals surface area contributed by atoms with Gasteiger partial charge in [-0.15, -0.1) is 0 Å². The molecule has 2 aliphatic rings. The van der Waals surface area contributed by atoms with Crippen LogP contribution >= 0.6 is 0 Å². The minimum Gasteiger partial charge on any atom is -0.310 e. The Morgan fingerprint density at radius 2 is 0.728 bits per heavy atom. The molecule has 2 aliphatic heterocycles. The fourth-order valence-electron chi connectivity index (χ4n) is 15.2. The Bertz CT molecular complexity index is 5280. The Morgan fingerprint density at radius 3 is 1.27 bits per heavy atom. The number of aromatic nitrogens is 2. The molecule has 0 amide bonds. The zero-order valence-corrected chi connectivity index (χ0v) is 55.2. The van der Waals surface area contributed by atoms with Gasteiger partial charge in [0, 0.05) is 55.4 Å². The zero-order chi connectivity index (χ0) is 63.3. The van der Waals surface area contributed by atoms with E-state index in [-0.39, 0.29) is 28.4 Å². The number of rotatable bonds is 5. The number of hydrogen-bond acceptors (Lipinski definition) is 1. The van der Waals surface area contributed by atoms with Gasteiger partial charge in [-0.3, -0.25) is 0 Å². The average molecular weight is 1190 g/mol. The second-order valence-corrected chi connectivity index (χ2v) is 30.2. The Kier molecular flexibility index (Phi) is 13.0. The van der Waals surface area contributed by atoms with E-state index >= 15 is 0 Å². The molecular formula is C88H78BN3. The van der Waals surface area contributed by atoms with Crippen LogP contribution in [0.3, 0.4) is 0 Å². The van der Waals surface area contributed by atoms with Gasteiger partial charge in [-0.2, -0.15) is 0 Å². The highest BCUT2D eigenvalue weighted by Gasteiger charge is 2.43. The second kappa shape index (κ2) is 20.8. The Labute approximate surface area is 542 Å². The highest BCUT2D eigenvalue weighted by Crippen LogP contribution is 2.51. The molecule has 3 nitrogen and oxygen atoms in total. The third kappa shape index (κ3) is 9.15. The molecule has 0 aliphatic carbocycles. The van der Waals surface area contributed by atoms with Gasteiger partial charge in [0.1, 0.15) is 0 Å². The van der Waals surface area contributed by atoms with Crippen molar-refractivity contribution >= 4 is 105 Å². The number of benzene rings is 12. The van der Waals surface area contributed by atoms with E-state index < -0.39 is 0 Å². The van der Waals surface area contributed by atoms with Gasteiger partial charge in [-0.1, -0.05) is 295 Å². The van der Waals surface area contributed by atoms with E-state index in [9.17, 15) is 0 Å². The lowest BCUT2D eigenvalue weighted by Gasteiger charge is -2.42. The maximum atomic E-state index is 2.69. The maximum absolute atomic E-state index is 2.69. The molecule has 12 aromatic carbocycles. The van der Waals surface area contributed by atoms with Crippen LogP contribution in [0.5, 0.6) is 0 Å². The first-order valence-corrected chi connectivity index (χ1v) is 33.0. The largest absolute Gasteiger partial charge is 0.310 e. The van der Waals surface area contributed by atoms with Gasteiger partial charge in [0.15, 0.2) is 0 Å². The smallest absolute Gasteiger partial charge is 0.252 e. The van der Waals surface area contributed by atoms with Crippen LogP contribution in [0, 0.1) is 0 Å². The van der Waals surface area contributed by atoms with Crippen LogP contribution in [0.1, 0.15) is 105 Å². The minimum atomic E-state index is -0.184. The Hall–Kier alpha value is -9.90. The third-order valence-corrected chi connectivity index (χ3v) is 20.2. The van der Waals surface area contributed by atoms with Crippen LogP contribution in [-0.2, 0) is 21.7 Å². The molecule has 4 heterocycles. The summed E-state index contributed by atoms with van der Waals surface area (Å²) in [7, 11) is 0. The van der Waals surface area contributed by atoms with Gasteiger partial charge in [0.2, 0.25) is 0 Å². The van der Waals surface area contributed by atoms with Gasteiger partial charge in [-0.25, -0.2) is 0 Å². The van der Waals surface area contributed by atoms with Crippen molar-refractivity contribution in [2.45, 2.75) is 105 Å². The summed E-state index contributed by atoms with van der Waals surface area (Å²) in [6.45, 7) is 27.9. The molecule has 0 N–H and O–H groups in total. The summed E-state index contributed by atoms with van der Waals surface area (Å²) in [5.74, 6) is 0. The fraction of sp³-hybridized carbons (Fsp3) is 0.182. The summed E-state index contributed by atoms with van der Waals surface area (Å²) in [5, 5.41) is 9.76. The topological polar surface area (TPSA) is 13.1 Å². The first kappa shape index (κ1) is 57.3. The lowest BCUT2D eigenvalue weighted by Crippen LogP contribution is -2.60. The molecule has 16 rings (SSSR count). The SMILES string of the molecule is CC(C)(C)c1cc(-c2ccc3c(c2)-n2c4ccccc4c4ccccc4c4ccccc4c4ccc5c(c42)B3c2ccc(-n3c4cc(C(C)(C)C)ccc4c4ccc(C(C)(C)C)cc43)cc2N5c2c(-c3ccccc3)cccc2-c2ccccc2)cc(C(C)(C)C)c1. The van der Waals surface area contributed by atoms with Crippen molar-refractivity contribution in [1.29, 1.82) is 0 Å². The Balaban J connectivity index is 1.11. The van der Waals surface area contributed by atoms with Gasteiger partial charge in [-0.05, 0) is 147 Å². The number of para-hydroxylation sites is 2. The van der Waals surface area contributed by atoms with Crippen LogP contribution in [0.4, 0.5) is 17.1 Å². The molecule has 0 unspecified atom stereocenters. The quantitative estimate of drug-likeness (QED) is 0.157. The van der Waals surface area contributed by atoms with Gasteiger partial charge >= 0.3 is 0 Å². The van der Waals surface area contributed by atoms with E-state index in [1.54, 1.807) is 0 Å². The average Bonchev–Trinajstić information content (AvgIpc) is 0.846. The van der Waals surface area contributed by atoms with E-state index in [2.05, 4.69) is 352 Å². The standard InChI is InChI=1S/C88H78BN3/c1-85(2,3)59-39-42-71-72-43-40-60(86(4,5)6)53-79(72)90(78(71)52-59)63-41-46-75-81(54-63)92(83-64(55-26-15-13-16-27-55)35-25-36-65(83)56-28-17-14-18-29-56)77-47-44-73-69-33-22-20-31-67(69)66-30-19-21-32-68(66)70-34-23-24-37-76(70)91-80-50-57(38-45-74(80)89(75)82(77)84(73)91)58-48-61(87(7,8)9)51-62(49-58)88(10,11)12/h13-54H,1-12H3. The van der Waals surface area contributed by atoms with Crippen molar-refractivity contribution in [2.24, 2.45) is 0 Å². The van der Waals surface area contributed by atoms with Gasteiger partial charge < -0.3 is 14.0 Å². The predicted octanol–water partition coefficient (Wildman–Crippen LogP) is 22.1. The van der Waals surface area contributed by atoms with E-state index in [0.717, 1.165) is 50.5 Å². The molecule has 448 valence electrons. The van der Waals surface area contributed by atoms with Crippen molar-refractivity contribution in [3.8, 4) is 44.8 Å². The van der Waals surface area contributed by atoms with E-state index in [4.69, 9.17) is 0 Å². The molecule has 0 bridgehead atoms. The summed E-state index contributed by atoms with van der Waals surface area (Å²) in [6, 6.07) is 98.2. The van der Waals surface area contributed by atoms with Gasteiger partial charge in [0.25, 0.3) is 6.71 Å². The van der Waals surface area contributed by atoms with Crippen LogP contribution in [0.15, 0.2) is 255 Å². The van der Waals surface area contributed by atoms with Crippen molar-refractivity contribution in [3.63, 3.8) is 0 Å². The van der Waals surface area contributed by atoms with Crippen LogP contribution in [0.2, 0.25) is 0 Å². The number of anilines is 3. The van der Waals surface area contributed by atoms with E-state index in [1.807, 2.05) is 0 Å².